The molecule has 0 saturated heterocycles. The Kier molecular flexibility index (Phi) is 4.22. The molecule has 0 atom stereocenters. The van der Waals surface area contributed by atoms with E-state index in [9.17, 15) is 9.59 Å². The summed E-state index contributed by atoms with van der Waals surface area (Å²) in [6.45, 7) is 2.63. The summed E-state index contributed by atoms with van der Waals surface area (Å²) < 4.78 is 1.63. The van der Waals surface area contributed by atoms with Crippen molar-refractivity contribution in [2.75, 3.05) is 11.4 Å². The van der Waals surface area contributed by atoms with Crippen molar-refractivity contribution in [3.05, 3.63) is 74.0 Å². The van der Waals surface area contributed by atoms with Gasteiger partial charge in [-0.3, -0.25) is 9.59 Å². The number of rotatable bonds is 3. The summed E-state index contributed by atoms with van der Waals surface area (Å²) in [7, 11) is 0. The number of anilines is 1. The molecule has 1 aliphatic heterocycles. The largest absolute Gasteiger partial charge is 0.308 e. The van der Waals surface area contributed by atoms with E-state index in [4.69, 9.17) is 11.6 Å². The van der Waals surface area contributed by atoms with Gasteiger partial charge in [-0.2, -0.15) is 9.50 Å². The second-order valence-electron chi connectivity index (χ2n) is 6.73. The molecule has 2 aromatic carbocycles. The van der Waals surface area contributed by atoms with Gasteiger partial charge in [0.15, 0.2) is 5.82 Å². The lowest BCUT2D eigenvalue weighted by molar-refractivity contribution is -0.113. The minimum atomic E-state index is -0.331. The maximum absolute atomic E-state index is 13.1. The minimum Gasteiger partial charge on any atom is -0.308 e. The van der Waals surface area contributed by atoms with Gasteiger partial charge < -0.3 is 4.90 Å². The van der Waals surface area contributed by atoms with Crippen LogP contribution >= 0.6 is 22.9 Å². The maximum Gasteiger partial charge on any atom is 0.291 e. The SMILES string of the molecule is CCCN1C(=O)C(=c2sc3nc(-c4cccc(Cl)c4)nn3c2=O)c2ccccc21. The van der Waals surface area contributed by atoms with E-state index in [0.29, 0.717) is 32.5 Å². The van der Waals surface area contributed by atoms with Gasteiger partial charge >= 0.3 is 0 Å². The van der Waals surface area contributed by atoms with Gasteiger partial charge in [0.05, 0.1) is 11.3 Å². The Balaban J connectivity index is 1.72. The number of thiazole rings is 1. The number of fused-ring (bicyclic) bond motifs is 2. The van der Waals surface area contributed by atoms with Crippen LogP contribution in [-0.4, -0.2) is 27.0 Å². The zero-order chi connectivity index (χ0) is 20.1. The summed E-state index contributed by atoms with van der Waals surface area (Å²) in [5, 5.41) is 4.93. The fourth-order valence-electron chi connectivity index (χ4n) is 3.58. The predicted molar refractivity (Wildman–Crippen MR) is 114 cm³/mol. The Hall–Kier alpha value is -3.03. The Bertz CT molecular complexity index is 1390. The van der Waals surface area contributed by atoms with Gasteiger partial charge in [-0.25, -0.2) is 0 Å². The first-order valence-corrected chi connectivity index (χ1v) is 10.4. The summed E-state index contributed by atoms with van der Waals surface area (Å²) in [4.78, 5) is 32.9. The van der Waals surface area contributed by atoms with Gasteiger partial charge in [0.2, 0.25) is 4.96 Å². The van der Waals surface area contributed by atoms with Crippen LogP contribution in [0.15, 0.2) is 53.3 Å². The molecule has 0 saturated carbocycles. The molecule has 5 rings (SSSR count). The fourth-order valence-corrected chi connectivity index (χ4v) is 4.77. The van der Waals surface area contributed by atoms with Crippen LogP contribution in [-0.2, 0) is 4.79 Å². The maximum atomic E-state index is 13.1. The topological polar surface area (TPSA) is 67.6 Å². The first-order valence-electron chi connectivity index (χ1n) is 9.19. The molecule has 1 aliphatic rings. The van der Waals surface area contributed by atoms with Crippen molar-refractivity contribution in [1.29, 1.82) is 0 Å². The van der Waals surface area contributed by atoms with E-state index < -0.39 is 0 Å². The van der Waals surface area contributed by atoms with Crippen molar-refractivity contribution in [3.8, 4) is 11.4 Å². The van der Waals surface area contributed by atoms with E-state index >= 15 is 0 Å². The van der Waals surface area contributed by atoms with Crippen molar-refractivity contribution in [2.45, 2.75) is 13.3 Å². The number of carbonyl (C=O) groups is 1. The quantitative estimate of drug-likeness (QED) is 0.508. The van der Waals surface area contributed by atoms with E-state index in [1.807, 2.05) is 43.3 Å². The number of hydrogen-bond acceptors (Lipinski definition) is 5. The number of hydrogen-bond donors (Lipinski definition) is 0. The Morgan fingerprint density at radius 1 is 1.10 bits per heavy atom. The zero-order valence-electron chi connectivity index (χ0n) is 15.4. The molecule has 0 N–H and O–H groups in total. The molecule has 0 unspecified atom stereocenters. The van der Waals surface area contributed by atoms with Crippen molar-refractivity contribution in [2.24, 2.45) is 0 Å². The molecule has 0 radical (unpaired) electrons. The second kappa shape index (κ2) is 6.79. The Morgan fingerprint density at radius 3 is 2.69 bits per heavy atom. The Labute approximate surface area is 174 Å². The van der Waals surface area contributed by atoms with Crippen molar-refractivity contribution >= 4 is 45.1 Å². The van der Waals surface area contributed by atoms with Crippen LogP contribution in [0.1, 0.15) is 18.9 Å². The van der Waals surface area contributed by atoms with Crippen molar-refractivity contribution < 1.29 is 4.79 Å². The van der Waals surface area contributed by atoms with Crippen LogP contribution in [0, 0.1) is 0 Å². The number of carbonyl (C=O) groups excluding carboxylic acids is 1. The molecule has 6 nitrogen and oxygen atoms in total. The predicted octanol–water partition coefficient (Wildman–Crippen LogP) is 3.15. The highest BCUT2D eigenvalue weighted by Crippen LogP contribution is 2.35. The number of halogens is 1. The van der Waals surface area contributed by atoms with E-state index in [0.717, 1.165) is 23.2 Å². The Morgan fingerprint density at radius 2 is 1.93 bits per heavy atom. The van der Waals surface area contributed by atoms with E-state index in [2.05, 4.69) is 10.1 Å². The molecule has 0 spiro atoms. The summed E-state index contributed by atoms with van der Waals surface area (Å²) >= 11 is 7.23. The van der Waals surface area contributed by atoms with Gasteiger partial charge in [-0.05, 0) is 24.6 Å². The van der Waals surface area contributed by atoms with E-state index in [1.54, 1.807) is 17.0 Å². The van der Waals surface area contributed by atoms with Gasteiger partial charge in [-0.1, -0.05) is 60.2 Å². The van der Waals surface area contributed by atoms with Gasteiger partial charge in [0.1, 0.15) is 4.53 Å². The third-order valence-corrected chi connectivity index (χ3v) is 6.10. The highest BCUT2D eigenvalue weighted by Gasteiger charge is 2.33. The highest BCUT2D eigenvalue weighted by molar-refractivity contribution is 7.15. The normalized spacial score (nSPS) is 15.4. The summed E-state index contributed by atoms with van der Waals surface area (Å²) in [5.74, 6) is 0.280. The first-order chi connectivity index (χ1) is 14.1. The number of para-hydroxylation sites is 1. The van der Waals surface area contributed by atoms with E-state index in [-0.39, 0.29) is 11.5 Å². The molecule has 0 aliphatic carbocycles. The molecule has 1 amide bonds. The third-order valence-electron chi connectivity index (χ3n) is 4.84. The van der Waals surface area contributed by atoms with Crippen LogP contribution in [0.25, 0.3) is 21.9 Å². The second-order valence-corrected chi connectivity index (χ2v) is 8.14. The average Bonchev–Trinajstić information content (AvgIpc) is 3.34. The lowest BCUT2D eigenvalue weighted by atomic mass is 10.1. The molecule has 3 heterocycles. The van der Waals surface area contributed by atoms with Crippen LogP contribution < -0.4 is 15.0 Å². The van der Waals surface area contributed by atoms with Crippen molar-refractivity contribution in [1.82, 2.24) is 14.6 Å². The van der Waals surface area contributed by atoms with Gasteiger partial charge in [-0.15, -0.1) is 5.10 Å². The molecule has 0 fully saturated rings. The molecule has 144 valence electrons. The number of nitrogens with zero attached hydrogens (tertiary/aromatic N) is 4. The van der Waals surface area contributed by atoms with Crippen LogP contribution in [0.3, 0.4) is 0 Å². The number of aromatic nitrogens is 3. The van der Waals surface area contributed by atoms with E-state index in [1.165, 1.54) is 15.9 Å². The lowest BCUT2D eigenvalue weighted by Crippen LogP contribution is -2.32. The summed E-state index contributed by atoms with van der Waals surface area (Å²) in [6, 6.07) is 14.7. The van der Waals surface area contributed by atoms with Gasteiger partial charge in [0.25, 0.3) is 11.5 Å². The zero-order valence-corrected chi connectivity index (χ0v) is 17.0. The molecular formula is C21H15ClN4O2S. The molecule has 0 bridgehead atoms. The molecular weight excluding hydrogens is 408 g/mol. The number of benzene rings is 2. The van der Waals surface area contributed by atoms with Crippen LogP contribution in [0.4, 0.5) is 5.69 Å². The molecule has 29 heavy (non-hydrogen) atoms. The monoisotopic (exact) mass is 422 g/mol. The fraction of sp³-hybridized carbons (Fsp3) is 0.143. The molecule has 2 aromatic heterocycles. The molecule has 4 aromatic rings. The average molecular weight is 423 g/mol. The standard InChI is InChI=1S/C21H15ClN4O2S/c1-2-10-25-15-9-4-3-8-14(15)16(19(25)27)17-20(28)26-21(29-17)23-18(24-26)12-6-5-7-13(22)11-12/h3-9,11H,2,10H2,1H3. The van der Waals surface area contributed by atoms with Crippen molar-refractivity contribution in [3.63, 3.8) is 0 Å². The summed E-state index contributed by atoms with van der Waals surface area (Å²) in [5.41, 5.74) is 2.45. The molecule has 8 heteroatoms. The highest BCUT2D eigenvalue weighted by atomic mass is 35.5. The van der Waals surface area contributed by atoms with Crippen LogP contribution in [0.2, 0.25) is 5.02 Å². The summed E-state index contributed by atoms with van der Waals surface area (Å²) in [6.07, 6.45) is 0.829. The first kappa shape index (κ1) is 18.0. The number of amides is 1. The minimum absolute atomic E-state index is 0.148. The van der Waals surface area contributed by atoms with Gasteiger partial charge in [0, 0.05) is 22.7 Å². The lowest BCUT2D eigenvalue weighted by Gasteiger charge is -2.15. The van der Waals surface area contributed by atoms with Crippen LogP contribution in [0.5, 0.6) is 0 Å². The smallest absolute Gasteiger partial charge is 0.291 e. The third kappa shape index (κ3) is 2.77.